The van der Waals surface area contributed by atoms with Crippen LogP contribution in [-0.4, -0.2) is 19.2 Å². The molecule has 0 bridgehead atoms. The molecule has 1 N–H and O–H groups in total. The predicted octanol–water partition coefficient (Wildman–Crippen LogP) is 3.19. The maximum Gasteiger partial charge on any atom is 0.178 e. The minimum absolute atomic E-state index is 0.189. The lowest BCUT2D eigenvalue weighted by atomic mass is 10.2. The number of hydrogen-bond donors (Lipinski definition) is 1. The Morgan fingerprint density at radius 1 is 1.10 bits per heavy atom. The first-order valence-electron chi connectivity index (χ1n) is 6.99. The number of nitrogens with one attached hydrogen (secondary N) is 1. The molecule has 112 valence electrons. The molecule has 0 saturated heterocycles. The largest absolute Gasteiger partial charge is 0.381 e. The molecule has 1 aromatic carbocycles. The molecule has 0 aliphatic carbocycles. The van der Waals surface area contributed by atoms with Crippen molar-refractivity contribution >= 4 is 15.5 Å². The first kappa shape index (κ1) is 15.5. The highest BCUT2D eigenvalue weighted by Gasteiger charge is 2.12. The third-order valence-corrected chi connectivity index (χ3v) is 5.09. The SMILES string of the molecule is CCCS(=O)(=O)c1ccc(NCc2ccc(C)nc2)cc1. The second-order valence-electron chi connectivity index (χ2n) is 5.00. The summed E-state index contributed by atoms with van der Waals surface area (Å²) in [6, 6.07) is 10.9. The highest BCUT2D eigenvalue weighted by atomic mass is 32.2. The van der Waals surface area contributed by atoms with Crippen LogP contribution in [-0.2, 0) is 16.4 Å². The molecule has 0 aliphatic heterocycles. The summed E-state index contributed by atoms with van der Waals surface area (Å²) in [6.45, 7) is 4.48. The van der Waals surface area contributed by atoms with E-state index in [-0.39, 0.29) is 5.75 Å². The number of aromatic nitrogens is 1. The van der Waals surface area contributed by atoms with E-state index in [0.29, 0.717) is 17.9 Å². The predicted molar refractivity (Wildman–Crippen MR) is 85.1 cm³/mol. The number of benzene rings is 1. The molecule has 0 fully saturated rings. The van der Waals surface area contributed by atoms with E-state index in [9.17, 15) is 8.42 Å². The minimum Gasteiger partial charge on any atom is -0.381 e. The van der Waals surface area contributed by atoms with Crippen LogP contribution in [0, 0.1) is 6.92 Å². The molecule has 4 nitrogen and oxygen atoms in total. The second kappa shape index (κ2) is 6.72. The van der Waals surface area contributed by atoms with E-state index in [1.165, 1.54) is 0 Å². The van der Waals surface area contributed by atoms with Gasteiger partial charge in [-0.2, -0.15) is 0 Å². The second-order valence-corrected chi connectivity index (χ2v) is 7.11. The van der Waals surface area contributed by atoms with Gasteiger partial charge >= 0.3 is 0 Å². The van der Waals surface area contributed by atoms with Gasteiger partial charge in [0, 0.05) is 24.1 Å². The topological polar surface area (TPSA) is 59.1 Å². The number of pyridine rings is 1. The van der Waals surface area contributed by atoms with Crippen molar-refractivity contribution in [1.82, 2.24) is 4.98 Å². The Hall–Kier alpha value is -1.88. The number of anilines is 1. The number of nitrogens with zero attached hydrogens (tertiary/aromatic N) is 1. The summed E-state index contributed by atoms with van der Waals surface area (Å²) in [5, 5.41) is 3.26. The average Bonchev–Trinajstić information content (AvgIpc) is 2.47. The fourth-order valence-corrected chi connectivity index (χ4v) is 3.30. The van der Waals surface area contributed by atoms with E-state index in [1.807, 2.05) is 32.2 Å². The van der Waals surface area contributed by atoms with Crippen LogP contribution in [0.25, 0.3) is 0 Å². The molecular formula is C16H20N2O2S. The van der Waals surface area contributed by atoms with Crippen molar-refractivity contribution in [3.05, 3.63) is 53.9 Å². The van der Waals surface area contributed by atoms with Gasteiger partial charge in [-0.15, -0.1) is 0 Å². The first-order valence-corrected chi connectivity index (χ1v) is 8.65. The highest BCUT2D eigenvalue weighted by Crippen LogP contribution is 2.16. The van der Waals surface area contributed by atoms with Gasteiger partial charge in [-0.1, -0.05) is 13.0 Å². The lowest BCUT2D eigenvalue weighted by Crippen LogP contribution is -2.06. The Balaban J connectivity index is 2.01. The molecule has 0 radical (unpaired) electrons. The van der Waals surface area contributed by atoms with Gasteiger partial charge < -0.3 is 5.32 Å². The Bertz CT molecular complexity index is 677. The van der Waals surface area contributed by atoms with Gasteiger partial charge in [-0.05, 0) is 49.2 Å². The molecule has 2 rings (SSSR count). The summed E-state index contributed by atoms with van der Waals surface area (Å²) in [4.78, 5) is 4.62. The summed E-state index contributed by atoms with van der Waals surface area (Å²) in [5.74, 6) is 0.189. The number of aryl methyl sites for hydroxylation is 1. The molecule has 1 aromatic heterocycles. The zero-order chi connectivity index (χ0) is 15.3. The molecule has 0 aliphatic rings. The normalized spacial score (nSPS) is 11.3. The summed E-state index contributed by atoms with van der Waals surface area (Å²) in [6.07, 6.45) is 2.46. The number of sulfone groups is 1. The van der Waals surface area contributed by atoms with Gasteiger partial charge in [0.1, 0.15) is 0 Å². The van der Waals surface area contributed by atoms with Crippen LogP contribution in [0.4, 0.5) is 5.69 Å². The monoisotopic (exact) mass is 304 g/mol. The maximum atomic E-state index is 11.9. The van der Waals surface area contributed by atoms with Crippen molar-refractivity contribution < 1.29 is 8.42 Å². The molecule has 2 aromatic rings. The van der Waals surface area contributed by atoms with Crippen molar-refractivity contribution in [2.75, 3.05) is 11.1 Å². The lowest BCUT2D eigenvalue weighted by molar-refractivity contribution is 0.595. The maximum absolute atomic E-state index is 11.9. The van der Waals surface area contributed by atoms with Crippen LogP contribution in [0.1, 0.15) is 24.6 Å². The van der Waals surface area contributed by atoms with E-state index in [1.54, 1.807) is 24.3 Å². The fraction of sp³-hybridized carbons (Fsp3) is 0.312. The Morgan fingerprint density at radius 3 is 2.38 bits per heavy atom. The lowest BCUT2D eigenvalue weighted by Gasteiger charge is -2.08. The third-order valence-electron chi connectivity index (χ3n) is 3.16. The molecule has 0 atom stereocenters. The van der Waals surface area contributed by atoms with Gasteiger partial charge in [0.15, 0.2) is 9.84 Å². The van der Waals surface area contributed by atoms with E-state index in [0.717, 1.165) is 16.9 Å². The van der Waals surface area contributed by atoms with Gasteiger partial charge in [0.2, 0.25) is 0 Å². The summed E-state index contributed by atoms with van der Waals surface area (Å²) >= 11 is 0. The first-order chi connectivity index (χ1) is 10.0. The number of rotatable bonds is 6. The Morgan fingerprint density at radius 2 is 1.81 bits per heavy atom. The van der Waals surface area contributed by atoms with E-state index >= 15 is 0 Å². The van der Waals surface area contributed by atoms with Gasteiger partial charge in [-0.25, -0.2) is 8.42 Å². The molecule has 0 spiro atoms. The highest BCUT2D eigenvalue weighted by molar-refractivity contribution is 7.91. The molecule has 1 heterocycles. The summed E-state index contributed by atoms with van der Waals surface area (Å²) in [7, 11) is -3.14. The van der Waals surface area contributed by atoms with Crippen LogP contribution in [0.5, 0.6) is 0 Å². The smallest absolute Gasteiger partial charge is 0.178 e. The summed E-state index contributed by atoms with van der Waals surface area (Å²) in [5.41, 5.74) is 2.97. The standard InChI is InChI=1S/C16H20N2O2S/c1-3-10-21(19,20)16-8-6-15(7-9-16)18-12-14-5-4-13(2)17-11-14/h4-9,11,18H,3,10,12H2,1-2H3. The quantitative estimate of drug-likeness (QED) is 0.890. The zero-order valence-corrected chi connectivity index (χ0v) is 13.2. The van der Waals surface area contributed by atoms with Gasteiger partial charge in [0.05, 0.1) is 10.6 Å². The number of hydrogen-bond acceptors (Lipinski definition) is 4. The Kier molecular flexibility index (Phi) is 4.96. The third kappa shape index (κ3) is 4.29. The molecule has 0 saturated carbocycles. The van der Waals surface area contributed by atoms with E-state index < -0.39 is 9.84 Å². The van der Waals surface area contributed by atoms with Crippen molar-refractivity contribution in [3.8, 4) is 0 Å². The van der Waals surface area contributed by atoms with Crippen molar-refractivity contribution in [2.45, 2.75) is 31.7 Å². The average molecular weight is 304 g/mol. The molecule has 0 amide bonds. The summed E-state index contributed by atoms with van der Waals surface area (Å²) < 4.78 is 23.9. The minimum atomic E-state index is -3.14. The van der Waals surface area contributed by atoms with E-state index in [2.05, 4.69) is 10.3 Å². The zero-order valence-electron chi connectivity index (χ0n) is 12.3. The fourth-order valence-electron chi connectivity index (χ4n) is 1.97. The van der Waals surface area contributed by atoms with Crippen molar-refractivity contribution in [3.63, 3.8) is 0 Å². The molecule has 0 unspecified atom stereocenters. The van der Waals surface area contributed by atoms with E-state index in [4.69, 9.17) is 0 Å². The van der Waals surface area contributed by atoms with Crippen molar-refractivity contribution in [2.24, 2.45) is 0 Å². The van der Waals surface area contributed by atoms with Crippen LogP contribution in [0.3, 0.4) is 0 Å². The van der Waals surface area contributed by atoms with Crippen LogP contribution >= 0.6 is 0 Å². The van der Waals surface area contributed by atoms with Gasteiger partial charge in [0.25, 0.3) is 0 Å². The van der Waals surface area contributed by atoms with Crippen LogP contribution in [0.15, 0.2) is 47.5 Å². The molecular weight excluding hydrogens is 284 g/mol. The van der Waals surface area contributed by atoms with Gasteiger partial charge in [-0.3, -0.25) is 4.98 Å². The van der Waals surface area contributed by atoms with Crippen LogP contribution < -0.4 is 5.32 Å². The molecule has 5 heteroatoms. The van der Waals surface area contributed by atoms with Crippen LogP contribution in [0.2, 0.25) is 0 Å². The Labute approximate surface area is 126 Å². The molecule has 21 heavy (non-hydrogen) atoms. The van der Waals surface area contributed by atoms with Crippen molar-refractivity contribution in [1.29, 1.82) is 0 Å².